The molecule has 0 saturated carbocycles. The summed E-state index contributed by atoms with van der Waals surface area (Å²) in [6, 6.07) is 5.61. The summed E-state index contributed by atoms with van der Waals surface area (Å²) in [6.45, 7) is 0.877. The van der Waals surface area contributed by atoms with Gasteiger partial charge in [0.25, 0.3) is 6.01 Å². The van der Waals surface area contributed by atoms with E-state index in [0.29, 0.717) is 41.5 Å². The van der Waals surface area contributed by atoms with Crippen molar-refractivity contribution < 1.29 is 36.1 Å². The van der Waals surface area contributed by atoms with Crippen LogP contribution in [0.25, 0.3) is 11.2 Å². The third kappa shape index (κ3) is 6.04. The minimum Gasteiger partial charge on any atom is -0.456 e. The fourth-order valence-electron chi connectivity index (χ4n) is 4.55. The van der Waals surface area contributed by atoms with Crippen molar-refractivity contribution in [3.8, 4) is 6.01 Å². The molecule has 0 amide bonds. The molecule has 13 heteroatoms. The molecule has 4 heterocycles. The zero-order valence-corrected chi connectivity index (χ0v) is 21.5. The average Bonchev–Trinajstić information content (AvgIpc) is 3.52. The molecule has 2 aliphatic heterocycles. The van der Waals surface area contributed by atoms with E-state index in [9.17, 15) is 17.2 Å². The number of aryl methyl sites for hydroxylation is 1. The summed E-state index contributed by atoms with van der Waals surface area (Å²) < 4.78 is 74.0. The number of aromatic nitrogens is 3. The van der Waals surface area contributed by atoms with Crippen LogP contribution in [0.2, 0.25) is 5.02 Å². The SMILES string of the molecule is CS(=O)(=O)CCCO[C@@H]1CO[C@H]2[C@@H]1OC[C@H]2Oc1nc2nc(CCc3c(F)cccc3F)c(Cl)cc2[nH]1. The Balaban J connectivity index is 1.20. The molecule has 2 aliphatic rings. The maximum atomic E-state index is 14.0. The van der Waals surface area contributed by atoms with E-state index in [-0.39, 0.29) is 55.1 Å². The Morgan fingerprint density at radius 3 is 2.54 bits per heavy atom. The van der Waals surface area contributed by atoms with E-state index in [4.69, 9.17) is 30.5 Å². The number of H-pyrrole nitrogens is 1. The number of hydrogen-bond donors (Lipinski definition) is 1. The van der Waals surface area contributed by atoms with Gasteiger partial charge in [-0.25, -0.2) is 22.2 Å². The molecule has 2 aromatic heterocycles. The van der Waals surface area contributed by atoms with Gasteiger partial charge < -0.3 is 23.9 Å². The number of fused-ring (bicyclic) bond motifs is 2. The van der Waals surface area contributed by atoms with Gasteiger partial charge in [0.2, 0.25) is 0 Å². The number of pyridine rings is 1. The highest BCUT2D eigenvalue weighted by Crippen LogP contribution is 2.32. The number of ether oxygens (including phenoxy) is 4. The predicted molar refractivity (Wildman–Crippen MR) is 131 cm³/mol. The van der Waals surface area contributed by atoms with Crippen molar-refractivity contribution >= 4 is 32.6 Å². The predicted octanol–water partition coefficient (Wildman–Crippen LogP) is 3.04. The maximum absolute atomic E-state index is 14.0. The number of rotatable bonds is 10. The third-order valence-electron chi connectivity index (χ3n) is 6.37. The van der Waals surface area contributed by atoms with Crippen LogP contribution in [0.5, 0.6) is 6.01 Å². The Hall–Kier alpha value is -2.38. The third-order valence-corrected chi connectivity index (χ3v) is 7.73. The minimum atomic E-state index is -3.03. The van der Waals surface area contributed by atoms with Crippen LogP contribution in [-0.2, 0) is 36.9 Å². The van der Waals surface area contributed by atoms with Gasteiger partial charge in [-0.15, -0.1) is 0 Å². The van der Waals surface area contributed by atoms with E-state index >= 15 is 0 Å². The molecule has 37 heavy (non-hydrogen) atoms. The molecule has 3 aromatic rings. The summed E-state index contributed by atoms with van der Waals surface area (Å²) in [5.41, 5.74) is 1.36. The summed E-state index contributed by atoms with van der Waals surface area (Å²) in [5, 5.41) is 0.346. The molecule has 200 valence electrons. The Morgan fingerprint density at radius 2 is 1.81 bits per heavy atom. The Kier molecular flexibility index (Phi) is 7.64. The van der Waals surface area contributed by atoms with Gasteiger partial charge in [0, 0.05) is 18.4 Å². The number of halogens is 3. The second-order valence-electron chi connectivity index (χ2n) is 9.18. The normalized spacial score (nSPS) is 23.6. The van der Waals surface area contributed by atoms with Gasteiger partial charge >= 0.3 is 0 Å². The number of imidazole rings is 1. The molecular formula is C24H26ClF2N3O6S. The van der Waals surface area contributed by atoms with E-state index in [1.165, 1.54) is 24.5 Å². The standard InChI is InChI=1S/C24H26ClF2N3O6S/c1-37(31,32)9-3-8-33-19-11-34-22-20(12-35-21(19)22)36-24-29-18-10-14(25)17(28-23(18)30-24)7-6-13-15(26)4-2-5-16(13)27/h2,4-5,10,19-22H,3,6-9,11-12H2,1H3,(H,28,29,30)/t19-,20-,21-,22-/m1/s1. The zero-order valence-electron chi connectivity index (χ0n) is 20.0. The molecule has 9 nitrogen and oxygen atoms in total. The zero-order chi connectivity index (χ0) is 26.2. The Bertz CT molecular complexity index is 1370. The smallest absolute Gasteiger partial charge is 0.296 e. The quantitative estimate of drug-likeness (QED) is 0.379. The van der Waals surface area contributed by atoms with Gasteiger partial charge in [-0.2, -0.15) is 4.98 Å². The van der Waals surface area contributed by atoms with Crippen LogP contribution in [0.3, 0.4) is 0 Å². The van der Waals surface area contributed by atoms with Gasteiger partial charge in [0.1, 0.15) is 39.8 Å². The molecule has 0 radical (unpaired) electrons. The number of nitrogens with zero attached hydrogens (tertiary/aromatic N) is 2. The van der Waals surface area contributed by atoms with Crippen molar-refractivity contribution in [1.82, 2.24) is 15.0 Å². The number of aromatic amines is 1. The molecule has 0 spiro atoms. The lowest BCUT2D eigenvalue weighted by atomic mass is 10.1. The molecule has 4 atom stereocenters. The molecule has 1 aromatic carbocycles. The van der Waals surface area contributed by atoms with Crippen LogP contribution in [0, 0.1) is 11.6 Å². The second-order valence-corrected chi connectivity index (χ2v) is 11.8. The number of benzene rings is 1. The first-order valence-electron chi connectivity index (χ1n) is 11.8. The molecular weight excluding hydrogens is 532 g/mol. The highest BCUT2D eigenvalue weighted by Gasteiger charge is 2.49. The average molecular weight is 558 g/mol. The van der Waals surface area contributed by atoms with Crippen molar-refractivity contribution in [3.63, 3.8) is 0 Å². The van der Waals surface area contributed by atoms with Crippen LogP contribution in [0.15, 0.2) is 24.3 Å². The largest absolute Gasteiger partial charge is 0.456 e. The number of nitrogens with one attached hydrogen (secondary N) is 1. The number of sulfone groups is 1. The van der Waals surface area contributed by atoms with Crippen LogP contribution < -0.4 is 4.74 Å². The van der Waals surface area contributed by atoms with Crippen molar-refractivity contribution in [2.45, 2.75) is 43.7 Å². The highest BCUT2D eigenvalue weighted by molar-refractivity contribution is 7.90. The lowest BCUT2D eigenvalue weighted by Crippen LogP contribution is -2.35. The second kappa shape index (κ2) is 10.8. The van der Waals surface area contributed by atoms with Crippen molar-refractivity contribution in [2.75, 3.05) is 31.8 Å². The lowest BCUT2D eigenvalue weighted by molar-refractivity contribution is -0.0352. The highest BCUT2D eigenvalue weighted by atomic mass is 35.5. The van der Waals surface area contributed by atoms with E-state index in [0.717, 1.165) is 0 Å². The van der Waals surface area contributed by atoms with E-state index in [1.807, 2.05) is 0 Å². The van der Waals surface area contributed by atoms with Crippen LogP contribution >= 0.6 is 11.6 Å². The first kappa shape index (κ1) is 26.2. The molecule has 0 bridgehead atoms. The van der Waals surface area contributed by atoms with Crippen molar-refractivity contribution in [3.05, 3.63) is 52.2 Å². The van der Waals surface area contributed by atoms with E-state index in [1.54, 1.807) is 6.07 Å². The molecule has 5 rings (SSSR count). The topological polar surface area (TPSA) is 113 Å². The minimum absolute atomic E-state index is 0.0171. The Morgan fingerprint density at radius 1 is 1.11 bits per heavy atom. The maximum Gasteiger partial charge on any atom is 0.296 e. The van der Waals surface area contributed by atoms with Gasteiger partial charge in [-0.05, 0) is 37.5 Å². The Labute approximate surface area is 217 Å². The fourth-order valence-corrected chi connectivity index (χ4v) is 5.44. The van der Waals surface area contributed by atoms with Crippen LogP contribution in [0.4, 0.5) is 8.78 Å². The molecule has 2 saturated heterocycles. The van der Waals surface area contributed by atoms with E-state index < -0.39 is 27.6 Å². The monoisotopic (exact) mass is 557 g/mol. The summed E-state index contributed by atoms with van der Waals surface area (Å²) in [6.07, 6.45) is 0.487. The van der Waals surface area contributed by atoms with Crippen LogP contribution in [-0.4, -0.2) is 79.6 Å². The van der Waals surface area contributed by atoms with Gasteiger partial charge in [0.15, 0.2) is 11.8 Å². The molecule has 1 N–H and O–H groups in total. The van der Waals surface area contributed by atoms with Gasteiger partial charge in [-0.1, -0.05) is 17.7 Å². The van der Waals surface area contributed by atoms with Crippen LogP contribution in [0.1, 0.15) is 17.7 Å². The summed E-state index contributed by atoms with van der Waals surface area (Å²) >= 11 is 6.37. The molecule has 0 aliphatic carbocycles. The summed E-state index contributed by atoms with van der Waals surface area (Å²) in [4.78, 5) is 11.9. The van der Waals surface area contributed by atoms with Gasteiger partial charge in [-0.3, -0.25) is 0 Å². The molecule has 2 fully saturated rings. The number of hydrogen-bond acceptors (Lipinski definition) is 8. The molecule has 0 unspecified atom stereocenters. The van der Waals surface area contributed by atoms with Crippen molar-refractivity contribution in [2.24, 2.45) is 0 Å². The van der Waals surface area contributed by atoms with Crippen molar-refractivity contribution in [1.29, 1.82) is 0 Å². The summed E-state index contributed by atoms with van der Waals surface area (Å²) in [7, 11) is -3.03. The first-order valence-corrected chi connectivity index (χ1v) is 14.3. The lowest BCUT2D eigenvalue weighted by Gasteiger charge is -2.17. The fraction of sp³-hybridized carbons (Fsp3) is 0.500. The summed E-state index contributed by atoms with van der Waals surface area (Å²) in [5.74, 6) is -1.16. The van der Waals surface area contributed by atoms with Gasteiger partial charge in [0.05, 0.1) is 35.2 Å². The van der Waals surface area contributed by atoms with E-state index in [2.05, 4.69) is 15.0 Å². The first-order chi connectivity index (χ1) is 17.7.